The second-order valence-electron chi connectivity index (χ2n) is 4.09. The zero-order valence-corrected chi connectivity index (χ0v) is 9.92. The van der Waals surface area contributed by atoms with Gasteiger partial charge in [-0.05, 0) is 31.0 Å². The number of urea groups is 1. The van der Waals surface area contributed by atoms with E-state index in [4.69, 9.17) is 16.7 Å². The van der Waals surface area contributed by atoms with Crippen molar-refractivity contribution in [2.75, 3.05) is 5.32 Å². The first kappa shape index (κ1) is 12.6. The van der Waals surface area contributed by atoms with Crippen LogP contribution in [0.15, 0.2) is 18.2 Å². The van der Waals surface area contributed by atoms with Crippen LogP contribution in [0.5, 0.6) is 0 Å². The molecule has 0 aromatic heterocycles. The lowest BCUT2D eigenvalue weighted by Crippen LogP contribution is -2.45. The molecule has 1 aromatic rings. The molecule has 1 saturated carbocycles. The van der Waals surface area contributed by atoms with Gasteiger partial charge in [-0.1, -0.05) is 11.6 Å². The third-order valence-corrected chi connectivity index (χ3v) is 3.02. The molecule has 96 valence electrons. The highest BCUT2D eigenvalue weighted by Crippen LogP contribution is 2.35. The van der Waals surface area contributed by atoms with Crippen molar-refractivity contribution >= 4 is 29.3 Å². The average molecular weight is 273 g/mol. The SMILES string of the molecule is O=C(Nc1cc(F)ccc1Cl)NC1(C(=O)O)CC1. The summed E-state index contributed by atoms with van der Waals surface area (Å²) in [7, 11) is 0. The number of hydrogen-bond donors (Lipinski definition) is 3. The number of amides is 2. The zero-order valence-electron chi connectivity index (χ0n) is 9.17. The van der Waals surface area contributed by atoms with E-state index in [1.807, 2.05) is 0 Å². The first-order chi connectivity index (χ1) is 8.43. The maximum Gasteiger partial charge on any atom is 0.329 e. The van der Waals surface area contributed by atoms with E-state index < -0.39 is 23.4 Å². The highest BCUT2D eigenvalue weighted by atomic mass is 35.5. The van der Waals surface area contributed by atoms with Gasteiger partial charge in [-0.15, -0.1) is 0 Å². The quantitative estimate of drug-likeness (QED) is 0.789. The molecule has 1 aliphatic rings. The van der Waals surface area contributed by atoms with Crippen molar-refractivity contribution in [1.82, 2.24) is 5.32 Å². The summed E-state index contributed by atoms with van der Waals surface area (Å²) in [6.07, 6.45) is 0.763. The number of hydrogen-bond acceptors (Lipinski definition) is 2. The molecule has 1 fully saturated rings. The predicted molar refractivity (Wildman–Crippen MR) is 63.2 cm³/mol. The summed E-state index contributed by atoms with van der Waals surface area (Å²) < 4.78 is 13.0. The first-order valence-corrected chi connectivity index (χ1v) is 5.58. The van der Waals surface area contributed by atoms with E-state index in [9.17, 15) is 14.0 Å². The van der Waals surface area contributed by atoms with Crippen molar-refractivity contribution in [3.8, 4) is 0 Å². The summed E-state index contributed by atoms with van der Waals surface area (Å²) in [4.78, 5) is 22.4. The number of carboxylic acid groups (broad SMARTS) is 1. The molecule has 2 amide bonds. The fourth-order valence-electron chi connectivity index (χ4n) is 1.48. The Balaban J connectivity index is 2.04. The number of carbonyl (C=O) groups is 2. The second kappa shape index (κ2) is 4.45. The van der Waals surface area contributed by atoms with Crippen LogP contribution in [-0.2, 0) is 4.79 Å². The summed E-state index contributed by atoms with van der Waals surface area (Å²) in [5.41, 5.74) is -1.10. The van der Waals surface area contributed by atoms with Crippen molar-refractivity contribution in [1.29, 1.82) is 0 Å². The first-order valence-electron chi connectivity index (χ1n) is 5.20. The maximum absolute atomic E-state index is 13.0. The lowest BCUT2D eigenvalue weighted by Gasteiger charge is -2.14. The molecule has 0 bridgehead atoms. The summed E-state index contributed by atoms with van der Waals surface area (Å²) >= 11 is 5.76. The van der Waals surface area contributed by atoms with Gasteiger partial charge in [0.05, 0.1) is 10.7 Å². The lowest BCUT2D eigenvalue weighted by atomic mass is 10.3. The fraction of sp³-hybridized carbons (Fsp3) is 0.273. The van der Waals surface area contributed by atoms with E-state index in [1.54, 1.807) is 0 Å². The Morgan fingerprint density at radius 3 is 2.61 bits per heavy atom. The number of nitrogens with one attached hydrogen (secondary N) is 2. The molecule has 0 aliphatic heterocycles. The van der Waals surface area contributed by atoms with Crippen LogP contribution in [0, 0.1) is 5.82 Å². The number of halogens is 2. The van der Waals surface area contributed by atoms with E-state index in [1.165, 1.54) is 6.07 Å². The third-order valence-electron chi connectivity index (χ3n) is 2.69. The molecule has 0 heterocycles. The van der Waals surface area contributed by atoms with Gasteiger partial charge in [-0.3, -0.25) is 0 Å². The average Bonchev–Trinajstić information content (AvgIpc) is 3.04. The van der Waals surface area contributed by atoms with Crippen LogP contribution in [0.4, 0.5) is 14.9 Å². The van der Waals surface area contributed by atoms with Gasteiger partial charge in [-0.2, -0.15) is 0 Å². The van der Waals surface area contributed by atoms with Crippen LogP contribution < -0.4 is 10.6 Å². The summed E-state index contributed by atoms with van der Waals surface area (Å²) in [5, 5.41) is 13.7. The van der Waals surface area contributed by atoms with E-state index >= 15 is 0 Å². The molecule has 7 heteroatoms. The van der Waals surface area contributed by atoms with Gasteiger partial charge in [0.25, 0.3) is 0 Å². The zero-order chi connectivity index (χ0) is 13.3. The second-order valence-corrected chi connectivity index (χ2v) is 4.50. The highest BCUT2D eigenvalue weighted by molar-refractivity contribution is 6.33. The Kier molecular flexibility index (Phi) is 3.13. The van der Waals surface area contributed by atoms with Gasteiger partial charge < -0.3 is 15.7 Å². The van der Waals surface area contributed by atoms with Crippen molar-refractivity contribution in [2.45, 2.75) is 18.4 Å². The molecular formula is C11H10ClFN2O3. The molecule has 0 radical (unpaired) electrons. The number of carboxylic acids is 1. The Labute approximate surface area is 107 Å². The molecule has 0 spiro atoms. The molecule has 3 N–H and O–H groups in total. The van der Waals surface area contributed by atoms with Crippen LogP contribution in [-0.4, -0.2) is 22.6 Å². The van der Waals surface area contributed by atoms with Crippen molar-refractivity contribution in [3.63, 3.8) is 0 Å². The summed E-state index contributed by atoms with van der Waals surface area (Å²) in [5.74, 6) is -1.63. The number of benzene rings is 1. The Morgan fingerprint density at radius 1 is 1.39 bits per heavy atom. The van der Waals surface area contributed by atoms with Crippen molar-refractivity contribution in [2.24, 2.45) is 0 Å². The Morgan fingerprint density at radius 2 is 2.06 bits per heavy atom. The smallest absolute Gasteiger partial charge is 0.329 e. The van der Waals surface area contributed by atoms with E-state index in [-0.39, 0.29) is 10.7 Å². The Hall–Kier alpha value is -1.82. The normalized spacial score (nSPS) is 15.9. The third kappa shape index (κ3) is 2.53. The maximum atomic E-state index is 13.0. The van der Waals surface area contributed by atoms with Gasteiger partial charge in [-0.25, -0.2) is 14.0 Å². The molecule has 18 heavy (non-hydrogen) atoms. The largest absolute Gasteiger partial charge is 0.480 e. The monoisotopic (exact) mass is 272 g/mol. The van der Waals surface area contributed by atoms with Gasteiger partial charge in [0.15, 0.2) is 0 Å². The van der Waals surface area contributed by atoms with Crippen LogP contribution >= 0.6 is 11.6 Å². The van der Waals surface area contributed by atoms with Crippen LogP contribution in [0.2, 0.25) is 5.02 Å². The molecule has 1 aromatic carbocycles. The minimum Gasteiger partial charge on any atom is -0.480 e. The van der Waals surface area contributed by atoms with Crippen LogP contribution in [0.25, 0.3) is 0 Å². The molecule has 0 saturated heterocycles. The van der Waals surface area contributed by atoms with E-state index in [0.717, 1.165) is 12.1 Å². The molecule has 2 rings (SSSR count). The van der Waals surface area contributed by atoms with Gasteiger partial charge in [0, 0.05) is 0 Å². The fourth-order valence-corrected chi connectivity index (χ4v) is 1.65. The van der Waals surface area contributed by atoms with Crippen molar-refractivity contribution in [3.05, 3.63) is 29.0 Å². The summed E-state index contributed by atoms with van der Waals surface area (Å²) in [6.45, 7) is 0. The predicted octanol–water partition coefficient (Wildman–Crippen LogP) is 2.22. The molecular weight excluding hydrogens is 263 g/mol. The van der Waals surface area contributed by atoms with Gasteiger partial charge in [0.2, 0.25) is 0 Å². The molecule has 1 aliphatic carbocycles. The van der Waals surface area contributed by atoms with Crippen molar-refractivity contribution < 1.29 is 19.1 Å². The van der Waals surface area contributed by atoms with E-state index in [0.29, 0.717) is 12.8 Å². The lowest BCUT2D eigenvalue weighted by molar-refractivity contribution is -0.140. The minimum atomic E-state index is -1.19. The Bertz CT molecular complexity index is 517. The number of carbonyl (C=O) groups excluding carboxylic acids is 1. The number of rotatable bonds is 3. The van der Waals surface area contributed by atoms with Gasteiger partial charge >= 0.3 is 12.0 Å². The van der Waals surface area contributed by atoms with Crippen LogP contribution in [0.1, 0.15) is 12.8 Å². The van der Waals surface area contributed by atoms with Gasteiger partial charge in [0.1, 0.15) is 11.4 Å². The standard InChI is InChI=1S/C11H10ClFN2O3/c12-7-2-1-6(13)5-8(7)14-10(18)15-11(3-4-11)9(16)17/h1-2,5H,3-4H2,(H,16,17)(H2,14,15,18). The topological polar surface area (TPSA) is 78.4 Å². The molecule has 0 unspecified atom stereocenters. The number of aliphatic carboxylic acids is 1. The summed E-state index contributed by atoms with van der Waals surface area (Å²) in [6, 6.07) is 2.80. The number of anilines is 1. The van der Waals surface area contributed by atoms with E-state index in [2.05, 4.69) is 10.6 Å². The highest BCUT2D eigenvalue weighted by Gasteiger charge is 2.51. The minimum absolute atomic E-state index is 0.0929. The van der Waals surface area contributed by atoms with Crippen LogP contribution in [0.3, 0.4) is 0 Å². The molecule has 5 nitrogen and oxygen atoms in total. The molecule has 0 atom stereocenters.